The first kappa shape index (κ1) is 92.2. The lowest BCUT2D eigenvalue weighted by molar-refractivity contribution is 0.0854. The van der Waals surface area contributed by atoms with E-state index >= 15 is 0 Å². The van der Waals surface area contributed by atoms with Gasteiger partial charge in [-0.25, -0.2) is 34.7 Å². The number of pyridine rings is 3. The summed E-state index contributed by atoms with van der Waals surface area (Å²) in [4.78, 5) is 38.9. The molecule has 1 saturated heterocycles. The number of nitrogens with zero attached hydrogens (tertiary/aromatic N) is 13. The summed E-state index contributed by atoms with van der Waals surface area (Å²) in [5.41, 5.74) is -3.79. The lowest BCUT2D eigenvalue weighted by atomic mass is 9.82. The van der Waals surface area contributed by atoms with Crippen molar-refractivity contribution in [3.8, 4) is 35.8 Å². The number of sulfonamides is 3. The lowest BCUT2D eigenvalue weighted by Gasteiger charge is -2.33. The van der Waals surface area contributed by atoms with Gasteiger partial charge in [0, 0.05) is 48.0 Å². The number of azo groups is 3. The Labute approximate surface area is 646 Å². The van der Waals surface area contributed by atoms with E-state index in [1.807, 2.05) is 45.9 Å². The molecule has 0 radical (unpaired) electrons. The zero-order chi connectivity index (χ0) is 82.6. The number of hydrogen-bond donors (Lipinski definition) is 8. The van der Waals surface area contributed by atoms with E-state index in [0.29, 0.717) is 18.9 Å². The first-order chi connectivity index (χ1) is 52.4. The van der Waals surface area contributed by atoms with Crippen molar-refractivity contribution in [2.24, 2.45) is 42.0 Å². The van der Waals surface area contributed by atoms with Gasteiger partial charge >= 0.3 is 0 Å². The third-order valence-electron chi connectivity index (χ3n) is 17.0. The average Bonchev–Trinajstić information content (AvgIpc) is 1.17. The molecule has 1 aliphatic rings. The van der Waals surface area contributed by atoms with Crippen LogP contribution in [0.4, 0.5) is 34.1 Å². The molecule has 0 bridgehead atoms. The van der Waals surface area contributed by atoms with Gasteiger partial charge in [0.1, 0.15) is 66.6 Å². The molecule has 37 heteroatoms. The van der Waals surface area contributed by atoms with Gasteiger partial charge in [-0.2, -0.15) is 20.1 Å². The van der Waals surface area contributed by atoms with Crippen LogP contribution in [0.25, 0.3) is 0 Å². The average molecular weight is 1600 g/mol. The van der Waals surface area contributed by atoms with Crippen LogP contribution in [0.1, 0.15) is 134 Å². The van der Waals surface area contributed by atoms with Gasteiger partial charge < -0.3 is 49.6 Å². The predicted molar refractivity (Wildman–Crippen MR) is 411 cm³/mol. The van der Waals surface area contributed by atoms with E-state index in [2.05, 4.69) is 54.0 Å². The van der Waals surface area contributed by atoms with Gasteiger partial charge in [-0.3, -0.25) is 28.1 Å². The van der Waals surface area contributed by atoms with Crippen LogP contribution in [0.3, 0.4) is 0 Å². The van der Waals surface area contributed by atoms with Crippen LogP contribution in [-0.2, 0) is 68.7 Å². The highest BCUT2D eigenvalue weighted by molar-refractivity contribution is 7.90. The van der Waals surface area contributed by atoms with Crippen molar-refractivity contribution >= 4 is 64.2 Å². The van der Waals surface area contributed by atoms with Gasteiger partial charge in [0.25, 0.3) is 16.7 Å². The molecule has 0 spiro atoms. The van der Waals surface area contributed by atoms with Crippen LogP contribution in [-0.4, -0.2) is 171 Å². The maximum Gasteiger partial charge on any atom is 0.281 e. The Bertz CT molecular complexity index is 4950. The molecule has 3 aromatic heterocycles. The van der Waals surface area contributed by atoms with E-state index in [0.717, 1.165) is 45.8 Å². The van der Waals surface area contributed by atoms with Crippen molar-refractivity contribution in [2.45, 2.75) is 174 Å². The molecule has 0 aliphatic carbocycles. The van der Waals surface area contributed by atoms with Crippen LogP contribution in [0.2, 0.25) is 0 Å². The van der Waals surface area contributed by atoms with Gasteiger partial charge in [-0.1, -0.05) is 90.8 Å². The summed E-state index contributed by atoms with van der Waals surface area (Å²) >= 11 is 0. The molecule has 604 valence electrons. The normalized spacial score (nSPS) is 13.8. The minimum atomic E-state index is -4.01. The van der Waals surface area contributed by atoms with Gasteiger partial charge in [0.2, 0.25) is 47.7 Å². The Hall–Kier alpha value is -9.37. The summed E-state index contributed by atoms with van der Waals surface area (Å²) in [6.07, 6.45) is 4.66. The highest BCUT2D eigenvalue weighted by atomic mass is 32.2. The fraction of sp³-hybridized carbons (Fsp3) is 0.514. The minimum Gasteiger partial charge on any atom is -0.493 e. The van der Waals surface area contributed by atoms with Crippen molar-refractivity contribution in [1.29, 1.82) is 15.8 Å². The van der Waals surface area contributed by atoms with Gasteiger partial charge in [0.05, 0.1) is 85.2 Å². The molecule has 2 unspecified atom stereocenters. The Morgan fingerprint density at radius 1 is 0.568 bits per heavy atom. The second-order valence-electron chi connectivity index (χ2n) is 27.8. The second-order valence-corrected chi connectivity index (χ2v) is 33.1. The predicted octanol–water partition coefficient (Wildman–Crippen LogP) is 9.65. The van der Waals surface area contributed by atoms with E-state index in [1.54, 1.807) is 57.2 Å². The molecule has 4 heterocycles. The van der Waals surface area contributed by atoms with Crippen LogP contribution >= 0.6 is 0 Å². The number of rotatable bonds is 37. The number of nitrogens with one attached hydrogen (secondary N) is 2. The van der Waals surface area contributed by atoms with E-state index in [9.17, 15) is 70.7 Å². The quantitative estimate of drug-likeness (QED) is 0.0133. The number of ether oxygens (including phenoxy) is 4. The maximum absolute atomic E-state index is 13.7. The van der Waals surface area contributed by atoms with Crippen molar-refractivity contribution in [1.82, 2.24) is 27.5 Å². The smallest absolute Gasteiger partial charge is 0.281 e. The molecule has 7 rings (SSSR count). The summed E-state index contributed by atoms with van der Waals surface area (Å²) in [5, 5.41) is 111. The first-order valence-electron chi connectivity index (χ1n) is 35.8. The number of hydrogen-bond acceptors (Lipinski definition) is 28. The summed E-state index contributed by atoms with van der Waals surface area (Å²) in [5.74, 6) is -1.07. The highest BCUT2D eigenvalue weighted by Crippen LogP contribution is 2.36. The summed E-state index contributed by atoms with van der Waals surface area (Å²) in [7, 11) is -11.9. The topological polar surface area (TPSA) is 500 Å². The zero-order valence-electron chi connectivity index (χ0n) is 64.5. The van der Waals surface area contributed by atoms with Crippen molar-refractivity contribution in [2.75, 3.05) is 79.2 Å². The van der Waals surface area contributed by atoms with Crippen LogP contribution in [0.15, 0.2) is 133 Å². The van der Waals surface area contributed by atoms with Crippen LogP contribution < -0.4 is 26.1 Å². The number of aromatic hydroxyl groups is 3. The third-order valence-corrected chi connectivity index (χ3v) is 22.4. The fourth-order valence-corrected chi connectivity index (χ4v) is 16.6. The molecule has 111 heavy (non-hydrogen) atoms. The molecule has 2 atom stereocenters. The standard InChI is InChI=1S/C27H39N5O6S.C25H35N5O6S.C22H27N5O7S/c1-6-32(20(4)11-9-10-19(2)3)39(36,37)24-13-8-7-12-23(24)29-30-25-21(5)22(18-28)26(34)31(27(25)35)14-16-38-17-15-33;1-17-18(15-26)22(32)30(11-13-36-14-12-31)23(33)21(17)28-27-19-9-7-8-10-20(19)37(34,35)29-25(5,6)16-24(2,3)4;1-15-17(13-23)21(29)27(8-11-33-12-9-28)22(30)20(15)26-25-18-6-2-3-7-19(18)35(31,32)24-14-16-5-4-10-34-16/h7-8,12-13,19-20,33-34H,6,9-11,14-17H2,1-5H3;7-10,29,31-32H,11-14,16H2,1-6H3;2-3,6-7,16,24,28-29H,4-5,8-12,14H2,1H3. The number of nitriles is 3. The van der Waals surface area contributed by atoms with Crippen molar-refractivity contribution in [3.05, 3.63) is 137 Å². The van der Waals surface area contributed by atoms with Crippen LogP contribution in [0, 0.1) is 66.1 Å². The van der Waals surface area contributed by atoms with Gasteiger partial charge in [0.15, 0.2) is 17.1 Å². The molecule has 0 amide bonds. The molecule has 6 aromatic rings. The first-order valence-corrected chi connectivity index (χ1v) is 40.2. The maximum atomic E-state index is 13.7. The molecule has 34 nitrogen and oxygen atoms in total. The number of benzene rings is 3. The number of aromatic nitrogens is 3. The SMILES string of the molecule is CCN(C(C)CCCC(C)C)S(=O)(=O)c1ccccc1N=Nc1c(C)c(C#N)c(O)n(CCOCCO)c1=O.Cc1c(C#N)c(O)n(CCOCCO)c(=O)c1N=Nc1ccccc1S(=O)(=O)NC(C)(C)CC(C)(C)C.Cc1c(C#N)c(O)n(CCOCCO)c(=O)c1N=Nc1ccccc1S(=O)(=O)NCC1CCCO1. The molecule has 0 saturated carbocycles. The molecule has 8 N–H and O–H groups in total. The Balaban J connectivity index is 0.000000298. The highest BCUT2D eigenvalue weighted by Gasteiger charge is 2.34. The van der Waals surface area contributed by atoms with E-state index in [4.69, 9.17) is 34.3 Å². The fourth-order valence-electron chi connectivity index (χ4n) is 12.0. The Morgan fingerprint density at radius 3 is 1.28 bits per heavy atom. The molecule has 3 aromatic carbocycles. The second kappa shape index (κ2) is 42.9. The summed E-state index contributed by atoms with van der Waals surface area (Å²) < 4.78 is 110. The number of aliphatic hydroxyl groups is 3. The lowest BCUT2D eigenvalue weighted by Crippen LogP contribution is -2.45. The Kier molecular flexibility index (Phi) is 35.6. The Morgan fingerprint density at radius 2 is 0.937 bits per heavy atom. The minimum absolute atomic E-state index is 0.00181. The molecule has 1 fully saturated rings. The van der Waals surface area contributed by atoms with Crippen molar-refractivity contribution < 1.29 is 74.8 Å². The molecular formula is C74H101N15O19S3. The largest absolute Gasteiger partial charge is 0.493 e. The van der Waals surface area contributed by atoms with E-state index < -0.39 is 69.9 Å². The third kappa shape index (κ3) is 25.6. The van der Waals surface area contributed by atoms with Gasteiger partial charge in [-0.05, 0) is 115 Å². The molecular weight excluding hydrogens is 1500 g/mol. The summed E-state index contributed by atoms with van der Waals surface area (Å²) in [6.45, 7) is 22.2. The monoisotopic (exact) mass is 1600 g/mol. The van der Waals surface area contributed by atoms with E-state index in [1.165, 1.54) is 61.5 Å². The molecule has 1 aliphatic heterocycles. The number of aliphatic hydroxyl groups excluding tert-OH is 3. The van der Waals surface area contributed by atoms with Crippen molar-refractivity contribution in [3.63, 3.8) is 0 Å². The zero-order valence-corrected chi connectivity index (χ0v) is 67.0. The van der Waals surface area contributed by atoms with E-state index in [-0.39, 0.29) is 192 Å². The van der Waals surface area contributed by atoms with Crippen LogP contribution in [0.5, 0.6) is 17.6 Å². The summed E-state index contributed by atoms with van der Waals surface area (Å²) in [6, 6.07) is 23.4. The van der Waals surface area contributed by atoms with Gasteiger partial charge in [-0.15, -0.1) is 30.7 Å².